The highest BCUT2D eigenvalue weighted by atomic mass is 79.9. The molecule has 0 saturated carbocycles. The Hall–Kier alpha value is -4.22. The van der Waals surface area contributed by atoms with Gasteiger partial charge in [0.15, 0.2) is 0 Å². The van der Waals surface area contributed by atoms with Gasteiger partial charge in [0.1, 0.15) is 11.9 Å². The van der Waals surface area contributed by atoms with E-state index in [2.05, 4.69) is 26.1 Å². The fourth-order valence-corrected chi connectivity index (χ4v) is 6.84. The van der Waals surface area contributed by atoms with Gasteiger partial charge in [0.2, 0.25) is 0 Å². The van der Waals surface area contributed by atoms with Gasteiger partial charge in [-0.1, -0.05) is 40.2 Å². The molecule has 11 heteroatoms. The smallest absolute Gasteiger partial charge is 0.321 e. The molecule has 10 nitrogen and oxygen atoms in total. The van der Waals surface area contributed by atoms with Crippen LogP contribution in [0.2, 0.25) is 0 Å². The first kappa shape index (κ1) is 29.8. The zero-order valence-corrected chi connectivity index (χ0v) is 26.0. The lowest BCUT2D eigenvalue weighted by Gasteiger charge is -2.58. The van der Waals surface area contributed by atoms with Gasteiger partial charge in [0, 0.05) is 67.7 Å². The highest BCUT2D eigenvalue weighted by Crippen LogP contribution is 2.44. The molecule has 3 aliphatic rings. The van der Waals surface area contributed by atoms with Gasteiger partial charge in [-0.15, -0.1) is 0 Å². The summed E-state index contributed by atoms with van der Waals surface area (Å²) >= 11 is 3.52. The quantitative estimate of drug-likeness (QED) is 0.300. The van der Waals surface area contributed by atoms with Crippen LogP contribution in [0, 0.1) is 0 Å². The number of rotatable bonds is 6. The van der Waals surface area contributed by atoms with E-state index in [1.54, 1.807) is 60.5 Å². The number of ether oxygens (including phenoxy) is 2. The lowest BCUT2D eigenvalue weighted by atomic mass is 9.73. The third kappa shape index (κ3) is 5.81. The number of nitrogens with zero attached hydrogens (tertiary/aromatic N) is 3. The van der Waals surface area contributed by atoms with Crippen LogP contribution in [0.25, 0.3) is 0 Å². The minimum Gasteiger partial charge on any atom is -0.497 e. The molecule has 1 N–H and O–H groups in total. The molecular formula is C33H33BrN4O6. The summed E-state index contributed by atoms with van der Waals surface area (Å²) in [6.07, 6.45) is -0.0243. The number of hydrogen-bond acceptors (Lipinski definition) is 7. The Labute approximate surface area is 264 Å². The van der Waals surface area contributed by atoms with E-state index in [1.807, 2.05) is 24.3 Å². The summed E-state index contributed by atoms with van der Waals surface area (Å²) < 4.78 is 11.9. The van der Waals surface area contributed by atoms with E-state index in [4.69, 9.17) is 9.47 Å². The van der Waals surface area contributed by atoms with E-state index in [0.717, 1.165) is 10.0 Å². The first-order valence-electron chi connectivity index (χ1n) is 14.6. The second-order valence-electron chi connectivity index (χ2n) is 11.3. The number of anilines is 1. The normalized spacial score (nSPS) is 23.2. The van der Waals surface area contributed by atoms with Crippen molar-refractivity contribution in [3.63, 3.8) is 0 Å². The van der Waals surface area contributed by atoms with Crippen LogP contribution in [0.15, 0.2) is 77.3 Å². The van der Waals surface area contributed by atoms with Crippen LogP contribution in [0.5, 0.6) is 5.75 Å². The van der Waals surface area contributed by atoms with Gasteiger partial charge in [-0.3, -0.25) is 24.2 Å². The molecule has 0 spiro atoms. The zero-order valence-electron chi connectivity index (χ0n) is 24.4. The molecule has 44 heavy (non-hydrogen) atoms. The SMILES string of the molecule is COc1ccc(NC(=O)N2CC[C@H](OC(C)=O)CN3[C@H](CN4C(=O)c5ccccc5C4=O)[C@H](c4ccc(Br)cc4)[C@@H]3C2)cc1. The van der Waals surface area contributed by atoms with Crippen molar-refractivity contribution in [3.05, 3.63) is 94.0 Å². The molecule has 0 radical (unpaired) electrons. The molecule has 0 aromatic heterocycles. The van der Waals surface area contributed by atoms with Gasteiger partial charge in [0.25, 0.3) is 11.8 Å². The molecule has 3 aromatic carbocycles. The average molecular weight is 662 g/mol. The third-order valence-corrected chi connectivity index (χ3v) is 9.22. The number of esters is 1. The molecule has 3 aliphatic heterocycles. The van der Waals surface area contributed by atoms with Gasteiger partial charge in [-0.05, 0) is 54.1 Å². The van der Waals surface area contributed by atoms with E-state index < -0.39 is 12.1 Å². The van der Waals surface area contributed by atoms with E-state index in [-0.39, 0.29) is 42.4 Å². The molecular weight excluding hydrogens is 628 g/mol. The molecule has 0 unspecified atom stereocenters. The fourth-order valence-electron chi connectivity index (χ4n) is 6.58. The number of hydrogen-bond donors (Lipinski definition) is 1. The molecule has 3 heterocycles. The van der Waals surface area contributed by atoms with Crippen molar-refractivity contribution in [1.82, 2.24) is 14.7 Å². The summed E-state index contributed by atoms with van der Waals surface area (Å²) in [5.41, 5.74) is 2.48. The highest BCUT2D eigenvalue weighted by molar-refractivity contribution is 9.10. The number of imide groups is 1. The van der Waals surface area contributed by atoms with Crippen molar-refractivity contribution in [2.24, 2.45) is 0 Å². The average Bonchev–Trinajstić information content (AvgIpc) is 3.25. The first-order chi connectivity index (χ1) is 21.2. The van der Waals surface area contributed by atoms with Crippen molar-refractivity contribution in [2.75, 3.05) is 38.6 Å². The molecule has 2 saturated heterocycles. The van der Waals surface area contributed by atoms with E-state index in [1.165, 1.54) is 11.8 Å². The highest BCUT2D eigenvalue weighted by Gasteiger charge is 2.53. The molecule has 4 atom stereocenters. The second kappa shape index (κ2) is 12.4. The Kier molecular flexibility index (Phi) is 8.42. The molecule has 228 valence electrons. The number of carbonyl (C=O) groups is 4. The Morgan fingerprint density at radius 2 is 1.59 bits per heavy atom. The number of halogens is 1. The van der Waals surface area contributed by atoms with Gasteiger partial charge >= 0.3 is 12.0 Å². The summed E-state index contributed by atoms with van der Waals surface area (Å²) in [7, 11) is 1.58. The van der Waals surface area contributed by atoms with Gasteiger partial charge in [-0.25, -0.2) is 4.79 Å². The maximum absolute atomic E-state index is 13.6. The van der Waals surface area contributed by atoms with E-state index in [9.17, 15) is 19.2 Å². The molecule has 0 aliphatic carbocycles. The van der Waals surface area contributed by atoms with Crippen LogP contribution in [-0.4, -0.2) is 90.0 Å². The van der Waals surface area contributed by atoms with Crippen LogP contribution < -0.4 is 10.1 Å². The first-order valence-corrected chi connectivity index (χ1v) is 15.4. The summed E-state index contributed by atoms with van der Waals surface area (Å²) in [6.45, 7) is 2.78. The number of amides is 4. The number of methoxy groups -OCH3 is 1. The van der Waals surface area contributed by atoms with Gasteiger partial charge in [-0.2, -0.15) is 0 Å². The number of urea groups is 1. The second-order valence-corrected chi connectivity index (χ2v) is 12.2. The van der Waals surface area contributed by atoms with Crippen molar-refractivity contribution in [2.45, 2.75) is 37.5 Å². The Morgan fingerprint density at radius 3 is 2.20 bits per heavy atom. The Bertz CT molecular complexity index is 1540. The largest absolute Gasteiger partial charge is 0.497 e. The van der Waals surface area contributed by atoms with Crippen molar-refractivity contribution >= 4 is 45.4 Å². The van der Waals surface area contributed by atoms with Gasteiger partial charge < -0.3 is 19.7 Å². The number of nitrogens with one attached hydrogen (secondary N) is 1. The molecule has 2 fully saturated rings. The minimum atomic E-state index is -0.470. The number of carbonyl (C=O) groups excluding carboxylic acids is 4. The predicted molar refractivity (Wildman–Crippen MR) is 167 cm³/mol. The molecule has 4 amide bonds. The zero-order chi connectivity index (χ0) is 31.0. The molecule has 3 aromatic rings. The van der Waals surface area contributed by atoms with Crippen molar-refractivity contribution in [1.29, 1.82) is 0 Å². The van der Waals surface area contributed by atoms with Crippen LogP contribution in [-0.2, 0) is 9.53 Å². The van der Waals surface area contributed by atoms with Crippen molar-refractivity contribution < 1.29 is 28.7 Å². The lowest BCUT2D eigenvalue weighted by Crippen LogP contribution is -2.71. The maximum atomic E-state index is 13.6. The number of fused-ring (bicyclic) bond motifs is 2. The standard InChI is InChI=1S/C33H33BrN4O6/c1-20(39)44-25-15-16-36(33(42)35-23-11-13-24(43-2)14-12-23)18-28-30(21-7-9-22(34)10-8-21)29(37(28)17-25)19-38-31(40)26-5-3-4-6-27(26)32(38)41/h3-14,25,28-30H,15-19H2,1-2H3,(H,35,42)/t25-,28-,29+,30+/m0/s1. The van der Waals surface area contributed by atoms with E-state index >= 15 is 0 Å². The summed E-state index contributed by atoms with van der Waals surface area (Å²) in [6, 6.07) is 21.3. The summed E-state index contributed by atoms with van der Waals surface area (Å²) in [5, 5.41) is 2.98. The molecule has 6 rings (SSSR count). The van der Waals surface area contributed by atoms with E-state index in [0.29, 0.717) is 48.6 Å². The monoisotopic (exact) mass is 660 g/mol. The van der Waals surface area contributed by atoms with Crippen molar-refractivity contribution in [3.8, 4) is 5.75 Å². The Balaban J connectivity index is 1.30. The fraction of sp³-hybridized carbons (Fsp3) is 0.333. The topological polar surface area (TPSA) is 108 Å². The van der Waals surface area contributed by atoms with Crippen LogP contribution in [0.4, 0.5) is 10.5 Å². The maximum Gasteiger partial charge on any atom is 0.321 e. The molecule has 0 bridgehead atoms. The van der Waals surface area contributed by atoms with Gasteiger partial charge in [0.05, 0.1) is 18.2 Å². The summed E-state index contributed by atoms with van der Waals surface area (Å²) in [5.74, 6) is -0.437. The lowest BCUT2D eigenvalue weighted by molar-refractivity contribution is -0.152. The minimum absolute atomic E-state index is 0.0974. The van der Waals surface area contributed by atoms with Crippen LogP contribution in [0.3, 0.4) is 0 Å². The number of benzene rings is 3. The summed E-state index contributed by atoms with van der Waals surface area (Å²) in [4.78, 5) is 57.7. The van der Waals surface area contributed by atoms with Crippen LogP contribution >= 0.6 is 15.9 Å². The van der Waals surface area contributed by atoms with Crippen LogP contribution in [0.1, 0.15) is 45.5 Å². The predicted octanol–water partition coefficient (Wildman–Crippen LogP) is 4.76. The Morgan fingerprint density at radius 1 is 0.932 bits per heavy atom. The third-order valence-electron chi connectivity index (χ3n) is 8.69.